The first-order valence-corrected chi connectivity index (χ1v) is 9.85. The quantitative estimate of drug-likeness (QED) is 0.427. The van der Waals surface area contributed by atoms with Gasteiger partial charge in [0, 0.05) is 12.6 Å². The summed E-state index contributed by atoms with van der Waals surface area (Å²) in [5.41, 5.74) is 0.622. The Morgan fingerprint density at radius 3 is 2.65 bits per heavy atom. The summed E-state index contributed by atoms with van der Waals surface area (Å²) in [5, 5.41) is 6.01. The van der Waals surface area contributed by atoms with Crippen molar-refractivity contribution < 1.29 is 4.79 Å². The van der Waals surface area contributed by atoms with Gasteiger partial charge in [0.05, 0.1) is 16.2 Å². The average Bonchev–Trinajstić information content (AvgIpc) is 3.44. The molecule has 0 spiro atoms. The van der Waals surface area contributed by atoms with Crippen LogP contribution in [0.4, 0.5) is 0 Å². The van der Waals surface area contributed by atoms with Gasteiger partial charge in [0.2, 0.25) is 5.91 Å². The third-order valence-corrected chi connectivity index (χ3v) is 5.77. The fraction of sp³-hybridized carbons (Fsp3) is 0.350. The summed E-state index contributed by atoms with van der Waals surface area (Å²) in [6.45, 7) is 4.31. The molecule has 1 amide bonds. The number of thioether (sulfide) groups is 1. The van der Waals surface area contributed by atoms with Crippen LogP contribution >= 0.6 is 11.8 Å². The Kier molecular flexibility index (Phi) is 4.44. The maximum absolute atomic E-state index is 13.0. The first-order chi connectivity index (χ1) is 12.6. The third kappa shape index (κ3) is 3.21. The van der Waals surface area contributed by atoms with E-state index in [1.165, 1.54) is 11.8 Å². The maximum Gasteiger partial charge on any atom is 0.262 e. The number of hydrogen-bond acceptors (Lipinski definition) is 4. The second-order valence-corrected chi connectivity index (χ2v) is 8.01. The van der Waals surface area contributed by atoms with Crippen LogP contribution in [0.15, 0.2) is 46.3 Å². The highest BCUT2D eigenvalue weighted by atomic mass is 32.2. The van der Waals surface area contributed by atoms with Crippen LogP contribution in [-0.4, -0.2) is 26.8 Å². The van der Waals surface area contributed by atoms with Crippen LogP contribution in [-0.2, 0) is 11.3 Å². The van der Waals surface area contributed by atoms with E-state index in [0.717, 1.165) is 23.6 Å². The summed E-state index contributed by atoms with van der Waals surface area (Å²) >= 11 is 1.35. The lowest BCUT2D eigenvalue weighted by atomic mass is 10.1. The van der Waals surface area contributed by atoms with Gasteiger partial charge in [-0.05, 0) is 49.6 Å². The molecular formula is C20H21N3O2S. The van der Waals surface area contributed by atoms with Crippen molar-refractivity contribution >= 4 is 39.3 Å². The molecule has 1 fully saturated rings. The molecule has 1 heterocycles. The second-order valence-electron chi connectivity index (χ2n) is 6.70. The molecule has 1 N–H and O–H groups in total. The van der Waals surface area contributed by atoms with E-state index < -0.39 is 0 Å². The zero-order valence-corrected chi connectivity index (χ0v) is 15.7. The van der Waals surface area contributed by atoms with E-state index in [2.05, 4.69) is 5.32 Å². The van der Waals surface area contributed by atoms with Gasteiger partial charge in [-0.2, -0.15) is 0 Å². The fourth-order valence-corrected chi connectivity index (χ4v) is 4.00. The van der Waals surface area contributed by atoms with Gasteiger partial charge in [-0.3, -0.25) is 14.2 Å². The van der Waals surface area contributed by atoms with Crippen molar-refractivity contribution in [2.45, 2.75) is 49.7 Å². The Balaban J connectivity index is 1.76. The van der Waals surface area contributed by atoms with E-state index in [1.807, 2.05) is 50.2 Å². The van der Waals surface area contributed by atoms with Gasteiger partial charge in [0.15, 0.2) is 5.16 Å². The molecule has 0 bridgehead atoms. The van der Waals surface area contributed by atoms with Gasteiger partial charge in [-0.25, -0.2) is 4.98 Å². The molecule has 6 heteroatoms. The zero-order valence-electron chi connectivity index (χ0n) is 14.9. The van der Waals surface area contributed by atoms with Crippen LogP contribution in [0, 0.1) is 0 Å². The summed E-state index contributed by atoms with van der Waals surface area (Å²) in [4.78, 5) is 30.0. The van der Waals surface area contributed by atoms with Crippen molar-refractivity contribution in [3.8, 4) is 0 Å². The molecule has 0 unspecified atom stereocenters. The Labute approximate surface area is 155 Å². The van der Waals surface area contributed by atoms with Crippen LogP contribution in [0.2, 0.25) is 0 Å². The van der Waals surface area contributed by atoms with Gasteiger partial charge >= 0.3 is 0 Å². The van der Waals surface area contributed by atoms with Gasteiger partial charge in [0.25, 0.3) is 5.56 Å². The summed E-state index contributed by atoms with van der Waals surface area (Å²) < 4.78 is 1.66. The van der Waals surface area contributed by atoms with Crippen molar-refractivity contribution in [2.75, 3.05) is 0 Å². The number of rotatable bonds is 5. The highest BCUT2D eigenvalue weighted by Gasteiger charge is 2.27. The van der Waals surface area contributed by atoms with Crippen LogP contribution in [0.3, 0.4) is 0 Å². The molecule has 4 rings (SSSR count). The molecule has 5 nitrogen and oxygen atoms in total. The van der Waals surface area contributed by atoms with Crippen molar-refractivity contribution in [3.63, 3.8) is 0 Å². The lowest BCUT2D eigenvalue weighted by molar-refractivity contribution is -0.120. The predicted molar refractivity (Wildman–Crippen MR) is 106 cm³/mol. The Hall–Kier alpha value is -2.34. The molecule has 2 aromatic carbocycles. The lowest BCUT2D eigenvalue weighted by Gasteiger charge is -2.15. The van der Waals surface area contributed by atoms with Gasteiger partial charge in [-0.15, -0.1) is 0 Å². The van der Waals surface area contributed by atoms with Crippen molar-refractivity contribution in [2.24, 2.45) is 0 Å². The van der Waals surface area contributed by atoms with E-state index in [0.29, 0.717) is 28.6 Å². The summed E-state index contributed by atoms with van der Waals surface area (Å²) in [7, 11) is 0. The van der Waals surface area contributed by atoms with E-state index in [9.17, 15) is 9.59 Å². The summed E-state index contributed by atoms with van der Waals surface area (Å²) in [6, 6.07) is 12.1. The van der Waals surface area contributed by atoms with Crippen molar-refractivity contribution in [3.05, 3.63) is 46.8 Å². The van der Waals surface area contributed by atoms with E-state index in [1.54, 1.807) is 4.57 Å². The molecule has 0 saturated heterocycles. The molecule has 1 aromatic heterocycles. The SMILES string of the molecule is CCn1c(S[C@H](C)C(=O)NC2CC2)nc2cc3ccccc3cc2c1=O. The van der Waals surface area contributed by atoms with Crippen molar-refractivity contribution in [1.82, 2.24) is 14.9 Å². The second kappa shape index (κ2) is 6.76. The molecule has 0 radical (unpaired) electrons. The molecule has 26 heavy (non-hydrogen) atoms. The van der Waals surface area contributed by atoms with Crippen molar-refractivity contribution in [1.29, 1.82) is 0 Å². The van der Waals surface area contributed by atoms with E-state index in [4.69, 9.17) is 4.98 Å². The highest BCUT2D eigenvalue weighted by molar-refractivity contribution is 8.00. The normalized spacial score (nSPS) is 15.3. The number of nitrogens with zero attached hydrogens (tertiary/aromatic N) is 2. The largest absolute Gasteiger partial charge is 0.352 e. The Bertz CT molecular complexity index is 1060. The molecule has 1 atom stereocenters. The van der Waals surface area contributed by atoms with Crippen LogP contribution in [0.25, 0.3) is 21.7 Å². The number of nitrogens with one attached hydrogen (secondary N) is 1. The topological polar surface area (TPSA) is 64.0 Å². The number of carbonyl (C=O) groups is 1. The molecule has 3 aromatic rings. The van der Waals surface area contributed by atoms with Crippen LogP contribution in [0.5, 0.6) is 0 Å². The van der Waals surface area contributed by atoms with Gasteiger partial charge in [-0.1, -0.05) is 36.0 Å². The number of aromatic nitrogens is 2. The number of fused-ring (bicyclic) bond motifs is 2. The molecular weight excluding hydrogens is 346 g/mol. The number of hydrogen-bond donors (Lipinski definition) is 1. The molecule has 0 aliphatic heterocycles. The minimum atomic E-state index is -0.293. The lowest BCUT2D eigenvalue weighted by Crippen LogP contribution is -2.33. The monoisotopic (exact) mass is 367 g/mol. The molecule has 1 aliphatic rings. The minimum Gasteiger partial charge on any atom is -0.352 e. The van der Waals surface area contributed by atoms with E-state index >= 15 is 0 Å². The van der Waals surface area contributed by atoms with E-state index in [-0.39, 0.29) is 16.7 Å². The standard InChI is InChI=1S/C20H21N3O2S/c1-3-23-19(25)16-10-13-6-4-5-7-14(13)11-17(16)22-20(23)26-12(2)18(24)21-15-8-9-15/h4-7,10-12,15H,3,8-9H2,1-2H3,(H,21,24)/t12-/m1/s1. The third-order valence-electron chi connectivity index (χ3n) is 4.68. The minimum absolute atomic E-state index is 0.00742. The molecule has 1 aliphatic carbocycles. The maximum atomic E-state index is 13.0. The smallest absolute Gasteiger partial charge is 0.262 e. The van der Waals surface area contributed by atoms with Gasteiger partial charge in [0.1, 0.15) is 0 Å². The van der Waals surface area contributed by atoms with Gasteiger partial charge < -0.3 is 5.32 Å². The Morgan fingerprint density at radius 1 is 1.31 bits per heavy atom. The number of carbonyl (C=O) groups excluding carboxylic acids is 1. The highest BCUT2D eigenvalue weighted by Crippen LogP contribution is 2.26. The van der Waals surface area contributed by atoms with Crippen LogP contribution in [0.1, 0.15) is 26.7 Å². The Morgan fingerprint density at radius 2 is 2.00 bits per heavy atom. The predicted octanol–water partition coefficient (Wildman–Crippen LogP) is 3.33. The average molecular weight is 367 g/mol. The first kappa shape index (κ1) is 17.1. The fourth-order valence-electron chi connectivity index (χ4n) is 3.01. The number of amides is 1. The molecule has 134 valence electrons. The number of benzene rings is 2. The zero-order chi connectivity index (χ0) is 18.3. The first-order valence-electron chi connectivity index (χ1n) is 8.97. The molecule has 1 saturated carbocycles. The summed E-state index contributed by atoms with van der Waals surface area (Å²) in [5.74, 6) is 0.00742. The van der Waals surface area contributed by atoms with Crippen LogP contribution < -0.4 is 10.9 Å². The summed E-state index contributed by atoms with van der Waals surface area (Å²) in [6.07, 6.45) is 2.12.